The Labute approximate surface area is 123 Å². The predicted molar refractivity (Wildman–Crippen MR) is 85.0 cm³/mol. The van der Waals surface area contributed by atoms with Gasteiger partial charge >= 0.3 is 0 Å². The number of fused-ring (bicyclic) bond motifs is 1. The Kier molecular flexibility index (Phi) is 3.68. The van der Waals surface area contributed by atoms with Crippen LogP contribution < -0.4 is 5.32 Å². The van der Waals surface area contributed by atoms with Crippen LogP contribution in [0.5, 0.6) is 0 Å². The van der Waals surface area contributed by atoms with Crippen molar-refractivity contribution in [3.05, 3.63) is 65.3 Å². The molecule has 0 fully saturated rings. The maximum atomic E-state index is 6.21. The minimum absolute atomic E-state index is 0.766. The minimum Gasteiger partial charge on any atom is -0.316 e. The lowest BCUT2D eigenvalue weighted by atomic mass is 10.0. The highest BCUT2D eigenvalue weighted by Gasteiger charge is 2.04. The Balaban J connectivity index is 2.08. The highest BCUT2D eigenvalue weighted by Crippen LogP contribution is 2.27. The maximum absolute atomic E-state index is 6.21. The molecule has 0 radical (unpaired) electrons. The van der Waals surface area contributed by atoms with Gasteiger partial charge in [0.05, 0.1) is 5.52 Å². The van der Waals surface area contributed by atoms with Crippen molar-refractivity contribution >= 4 is 22.5 Å². The third-order valence-corrected chi connectivity index (χ3v) is 3.72. The summed E-state index contributed by atoms with van der Waals surface area (Å²) in [7, 11) is 1.92. The summed E-state index contributed by atoms with van der Waals surface area (Å²) in [5.41, 5.74) is 4.48. The Morgan fingerprint density at radius 1 is 1.05 bits per heavy atom. The molecule has 3 rings (SSSR count). The van der Waals surface area contributed by atoms with Gasteiger partial charge in [0.2, 0.25) is 0 Å². The first-order valence-corrected chi connectivity index (χ1v) is 6.94. The van der Waals surface area contributed by atoms with E-state index >= 15 is 0 Å². The molecule has 0 saturated carbocycles. The molecule has 3 aromatic rings. The van der Waals surface area contributed by atoms with E-state index in [4.69, 9.17) is 11.6 Å². The van der Waals surface area contributed by atoms with Crippen LogP contribution in [-0.4, -0.2) is 12.0 Å². The van der Waals surface area contributed by atoms with Gasteiger partial charge in [-0.15, -0.1) is 0 Å². The van der Waals surface area contributed by atoms with Crippen molar-refractivity contribution < 1.29 is 0 Å². The molecule has 1 N–H and O–H groups in total. The first kappa shape index (κ1) is 13.1. The number of pyridine rings is 1. The number of nitrogens with one attached hydrogen (secondary N) is 1. The number of rotatable bonds is 3. The summed E-state index contributed by atoms with van der Waals surface area (Å²) < 4.78 is 0. The molecule has 0 unspecified atom stereocenters. The van der Waals surface area contributed by atoms with Crippen LogP contribution in [0.1, 0.15) is 5.56 Å². The quantitative estimate of drug-likeness (QED) is 0.776. The van der Waals surface area contributed by atoms with Gasteiger partial charge in [-0.3, -0.25) is 4.98 Å². The van der Waals surface area contributed by atoms with Crippen molar-refractivity contribution in [3.8, 4) is 11.1 Å². The first-order chi connectivity index (χ1) is 9.78. The van der Waals surface area contributed by atoms with Crippen LogP contribution in [0.4, 0.5) is 0 Å². The Hall–Kier alpha value is -1.90. The Morgan fingerprint density at radius 2 is 1.85 bits per heavy atom. The third-order valence-electron chi connectivity index (χ3n) is 3.35. The van der Waals surface area contributed by atoms with Gasteiger partial charge in [0.1, 0.15) is 0 Å². The number of hydrogen-bond donors (Lipinski definition) is 1. The molecule has 0 amide bonds. The molecule has 0 bridgehead atoms. The van der Waals surface area contributed by atoms with Gasteiger partial charge in [-0.25, -0.2) is 0 Å². The molecular weight excluding hydrogens is 268 g/mol. The standard InChI is InChI=1S/C17H15ClN2/c1-19-11-15-10-12(4-6-16(15)18)13-5-7-17-14(9-13)3-2-8-20-17/h2-10,19H,11H2,1H3. The molecule has 1 heterocycles. The largest absolute Gasteiger partial charge is 0.316 e. The highest BCUT2D eigenvalue weighted by atomic mass is 35.5. The van der Waals surface area contributed by atoms with Crippen LogP contribution in [0, 0.1) is 0 Å². The molecule has 0 atom stereocenters. The fourth-order valence-corrected chi connectivity index (χ4v) is 2.52. The lowest BCUT2D eigenvalue weighted by molar-refractivity contribution is 0.818. The molecule has 3 heteroatoms. The Bertz CT molecular complexity index is 753. The normalized spacial score (nSPS) is 10.9. The first-order valence-electron chi connectivity index (χ1n) is 6.56. The van der Waals surface area contributed by atoms with Gasteiger partial charge in [0.25, 0.3) is 0 Å². The molecule has 1 aromatic heterocycles. The van der Waals surface area contributed by atoms with Crippen LogP contribution in [0.2, 0.25) is 5.02 Å². The van der Waals surface area contributed by atoms with Crippen LogP contribution in [0.25, 0.3) is 22.0 Å². The second-order valence-electron chi connectivity index (χ2n) is 4.75. The summed E-state index contributed by atoms with van der Waals surface area (Å²) in [5.74, 6) is 0. The summed E-state index contributed by atoms with van der Waals surface area (Å²) in [6.07, 6.45) is 1.81. The molecule has 100 valence electrons. The van der Waals surface area contributed by atoms with E-state index in [0.29, 0.717) is 0 Å². The van der Waals surface area contributed by atoms with Crippen LogP contribution in [0.3, 0.4) is 0 Å². The van der Waals surface area contributed by atoms with Crippen LogP contribution in [0.15, 0.2) is 54.7 Å². The SMILES string of the molecule is CNCc1cc(-c2ccc3ncccc3c2)ccc1Cl. The van der Waals surface area contributed by atoms with E-state index < -0.39 is 0 Å². The third kappa shape index (κ3) is 2.53. The molecule has 0 aliphatic heterocycles. The number of benzene rings is 2. The van der Waals surface area contributed by atoms with Crippen molar-refractivity contribution in [1.29, 1.82) is 0 Å². The Morgan fingerprint density at radius 3 is 2.70 bits per heavy atom. The topological polar surface area (TPSA) is 24.9 Å². The molecular formula is C17H15ClN2. The summed E-state index contributed by atoms with van der Waals surface area (Å²) >= 11 is 6.21. The van der Waals surface area contributed by atoms with Gasteiger partial charge in [-0.2, -0.15) is 0 Å². The fourth-order valence-electron chi connectivity index (χ4n) is 2.34. The van der Waals surface area contributed by atoms with Crippen molar-refractivity contribution in [3.63, 3.8) is 0 Å². The van der Waals surface area contributed by atoms with E-state index in [1.165, 1.54) is 11.1 Å². The number of nitrogens with zero attached hydrogens (tertiary/aromatic N) is 1. The van der Waals surface area contributed by atoms with Crippen LogP contribution in [-0.2, 0) is 6.54 Å². The van der Waals surface area contributed by atoms with Gasteiger partial charge in [0.15, 0.2) is 0 Å². The summed E-state index contributed by atoms with van der Waals surface area (Å²) in [5, 5.41) is 5.08. The molecule has 20 heavy (non-hydrogen) atoms. The zero-order valence-electron chi connectivity index (χ0n) is 11.2. The number of aromatic nitrogens is 1. The average molecular weight is 283 g/mol. The van der Waals surface area contributed by atoms with E-state index in [2.05, 4.69) is 46.7 Å². The number of halogens is 1. The van der Waals surface area contributed by atoms with E-state index in [-0.39, 0.29) is 0 Å². The minimum atomic E-state index is 0.766. The summed E-state index contributed by atoms with van der Waals surface area (Å²) in [6, 6.07) is 16.5. The van der Waals surface area contributed by atoms with Gasteiger partial charge < -0.3 is 5.32 Å². The monoisotopic (exact) mass is 282 g/mol. The van der Waals surface area contributed by atoms with Gasteiger partial charge in [-0.1, -0.05) is 29.8 Å². The second-order valence-corrected chi connectivity index (χ2v) is 5.15. The zero-order chi connectivity index (χ0) is 13.9. The van der Waals surface area contributed by atoms with E-state index in [0.717, 1.165) is 28.0 Å². The summed E-state index contributed by atoms with van der Waals surface area (Å²) in [4.78, 5) is 4.35. The fraction of sp³-hybridized carbons (Fsp3) is 0.118. The molecule has 2 aromatic carbocycles. The molecule has 0 aliphatic rings. The van der Waals surface area contributed by atoms with Gasteiger partial charge in [0, 0.05) is 23.2 Å². The average Bonchev–Trinajstić information content (AvgIpc) is 2.49. The maximum Gasteiger partial charge on any atom is 0.0702 e. The molecule has 0 aliphatic carbocycles. The van der Waals surface area contributed by atoms with Gasteiger partial charge in [-0.05, 0) is 54.1 Å². The molecule has 2 nitrogen and oxygen atoms in total. The lowest BCUT2D eigenvalue weighted by Gasteiger charge is -2.08. The second kappa shape index (κ2) is 5.61. The van der Waals surface area contributed by atoms with E-state index in [1.54, 1.807) is 0 Å². The van der Waals surface area contributed by atoms with Crippen molar-refractivity contribution in [2.45, 2.75) is 6.54 Å². The summed E-state index contributed by atoms with van der Waals surface area (Å²) in [6.45, 7) is 0.766. The predicted octanol–water partition coefficient (Wildman–Crippen LogP) is 4.27. The number of hydrogen-bond acceptors (Lipinski definition) is 2. The smallest absolute Gasteiger partial charge is 0.0702 e. The van der Waals surface area contributed by atoms with Crippen LogP contribution >= 0.6 is 11.6 Å². The van der Waals surface area contributed by atoms with E-state index in [9.17, 15) is 0 Å². The molecule has 0 spiro atoms. The van der Waals surface area contributed by atoms with Crippen molar-refractivity contribution in [2.24, 2.45) is 0 Å². The van der Waals surface area contributed by atoms with Crippen molar-refractivity contribution in [1.82, 2.24) is 10.3 Å². The van der Waals surface area contributed by atoms with E-state index in [1.807, 2.05) is 25.4 Å². The zero-order valence-corrected chi connectivity index (χ0v) is 12.0. The highest BCUT2D eigenvalue weighted by molar-refractivity contribution is 6.31. The lowest BCUT2D eigenvalue weighted by Crippen LogP contribution is -2.05. The van der Waals surface area contributed by atoms with Crippen molar-refractivity contribution in [2.75, 3.05) is 7.05 Å². The molecule has 0 saturated heterocycles.